The van der Waals surface area contributed by atoms with Gasteiger partial charge in [0.25, 0.3) is 0 Å². The molecule has 0 bridgehead atoms. The molecular formula is C25H18N6. The van der Waals surface area contributed by atoms with Crippen LogP contribution < -0.4 is 0 Å². The van der Waals surface area contributed by atoms with Crippen molar-refractivity contribution in [2.24, 2.45) is 0 Å². The van der Waals surface area contributed by atoms with Gasteiger partial charge in [-0.3, -0.25) is 4.98 Å². The van der Waals surface area contributed by atoms with Gasteiger partial charge in [0.2, 0.25) is 0 Å². The number of benzene rings is 1. The first kappa shape index (κ1) is 17.6. The van der Waals surface area contributed by atoms with E-state index >= 15 is 0 Å². The van der Waals surface area contributed by atoms with E-state index < -0.39 is 0 Å². The Morgan fingerprint density at radius 3 is 2.84 bits per heavy atom. The lowest BCUT2D eigenvalue weighted by atomic mass is 9.97. The van der Waals surface area contributed by atoms with Crippen LogP contribution in [0.5, 0.6) is 0 Å². The van der Waals surface area contributed by atoms with Crippen LogP contribution in [0.4, 0.5) is 0 Å². The Bertz CT molecular complexity index is 1450. The number of hydrogen-bond acceptors (Lipinski definition) is 4. The van der Waals surface area contributed by atoms with Gasteiger partial charge in [-0.2, -0.15) is 10.2 Å². The number of imidazole rings is 1. The third-order valence-electron chi connectivity index (χ3n) is 5.66. The normalized spacial score (nSPS) is 14.9. The first-order valence-corrected chi connectivity index (χ1v) is 10.2. The Hall–Kier alpha value is -4.24. The van der Waals surface area contributed by atoms with Crippen molar-refractivity contribution in [1.29, 1.82) is 0 Å². The smallest absolute Gasteiger partial charge is 0.154 e. The highest BCUT2D eigenvalue weighted by Gasteiger charge is 2.27. The molecule has 0 saturated carbocycles. The van der Waals surface area contributed by atoms with Crippen molar-refractivity contribution in [3.05, 3.63) is 108 Å². The van der Waals surface area contributed by atoms with Crippen molar-refractivity contribution in [2.75, 3.05) is 0 Å². The molecule has 6 heteroatoms. The van der Waals surface area contributed by atoms with Gasteiger partial charge >= 0.3 is 0 Å². The molecule has 31 heavy (non-hydrogen) atoms. The molecule has 6 rings (SSSR count). The lowest BCUT2D eigenvalue weighted by molar-refractivity contribution is 0.725. The summed E-state index contributed by atoms with van der Waals surface area (Å²) in [5.41, 5.74) is 7.04. The molecule has 1 aliphatic rings. The van der Waals surface area contributed by atoms with Crippen molar-refractivity contribution in [3.8, 4) is 17.5 Å². The summed E-state index contributed by atoms with van der Waals surface area (Å²) in [6.45, 7) is 0. The summed E-state index contributed by atoms with van der Waals surface area (Å²) in [7, 11) is 0. The SMILES string of the molecule is C(#Cc1cnc2cccnn12)c1cncc(-n2cc3c(n2)C(c2ccccc2)CC3)c1. The van der Waals surface area contributed by atoms with Gasteiger partial charge in [0, 0.05) is 30.1 Å². The van der Waals surface area contributed by atoms with Gasteiger partial charge in [-0.15, -0.1) is 0 Å². The van der Waals surface area contributed by atoms with Crippen LogP contribution in [-0.4, -0.2) is 29.4 Å². The molecule has 4 aromatic heterocycles. The molecule has 0 spiro atoms. The monoisotopic (exact) mass is 402 g/mol. The minimum atomic E-state index is 0.357. The summed E-state index contributed by atoms with van der Waals surface area (Å²) in [5.74, 6) is 6.68. The number of fused-ring (bicyclic) bond motifs is 2. The second-order valence-corrected chi connectivity index (χ2v) is 7.61. The van der Waals surface area contributed by atoms with Crippen molar-refractivity contribution < 1.29 is 0 Å². The van der Waals surface area contributed by atoms with Crippen molar-refractivity contribution in [2.45, 2.75) is 18.8 Å². The fourth-order valence-corrected chi connectivity index (χ4v) is 4.16. The van der Waals surface area contributed by atoms with E-state index in [-0.39, 0.29) is 0 Å². The maximum atomic E-state index is 4.92. The third kappa shape index (κ3) is 3.17. The molecule has 0 fully saturated rings. The van der Waals surface area contributed by atoms with Crippen molar-refractivity contribution >= 4 is 5.65 Å². The maximum absolute atomic E-state index is 4.92. The Morgan fingerprint density at radius 1 is 0.968 bits per heavy atom. The van der Waals surface area contributed by atoms with Crippen LogP contribution >= 0.6 is 0 Å². The highest BCUT2D eigenvalue weighted by Crippen LogP contribution is 2.37. The molecular weight excluding hydrogens is 384 g/mol. The Labute approximate surface area is 179 Å². The number of aryl methyl sites for hydroxylation is 1. The second-order valence-electron chi connectivity index (χ2n) is 7.61. The second kappa shape index (κ2) is 7.22. The zero-order valence-electron chi connectivity index (χ0n) is 16.7. The van der Waals surface area contributed by atoms with E-state index in [1.54, 1.807) is 23.1 Å². The van der Waals surface area contributed by atoms with Crippen molar-refractivity contribution in [3.63, 3.8) is 0 Å². The zero-order chi connectivity index (χ0) is 20.6. The summed E-state index contributed by atoms with van der Waals surface area (Å²) in [5, 5.41) is 9.22. The van der Waals surface area contributed by atoms with Crippen LogP contribution in [0.15, 0.2) is 79.5 Å². The molecule has 1 atom stereocenters. The Morgan fingerprint density at radius 2 is 1.90 bits per heavy atom. The molecule has 0 aliphatic heterocycles. The topological polar surface area (TPSA) is 60.9 Å². The van der Waals surface area contributed by atoms with E-state index in [4.69, 9.17) is 5.10 Å². The predicted octanol–water partition coefficient (Wildman–Crippen LogP) is 3.79. The summed E-state index contributed by atoms with van der Waals surface area (Å²) < 4.78 is 3.65. The van der Waals surface area contributed by atoms with E-state index in [2.05, 4.69) is 63.4 Å². The van der Waals surface area contributed by atoms with E-state index in [1.807, 2.05) is 29.1 Å². The van der Waals surface area contributed by atoms with Crippen LogP contribution in [0, 0.1) is 11.8 Å². The largest absolute Gasteiger partial charge is 0.261 e. The summed E-state index contributed by atoms with van der Waals surface area (Å²) in [4.78, 5) is 8.71. The van der Waals surface area contributed by atoms with E-state index in [9.17, 15) is 0 Å². The number of nitrogens with zero attached hydrogens (tertiary/aromatic N) is 6. The molecule has 0 radical (unpaired) electrons. The van der Waals surface area contributed by atoms with Gasteiger partial charge in [-0.25, -0.2) is 14.2 Å². The summed E-state index contributed by atoms with van der Waals surface area (Å²) in [6.07, 6.45) is 11.3. The Kier molecular flexibility index (Phi) is 4.10. The fraction of sp³-hybridized carbons (Fsp3) is 0.120. The average molecular weight is 402 g/mol. The van der Waals surface area contributed by atoms with Crippen LogP contribution in [0.25, 0.3) is 11.3 Å². The molecule has 0 amide bonds. The molecule has 1 unspecified atom stereocenters. The third-order valence-corrected chi connectivity index (χ3v) is 5.66. The first-order chi connectivity index (χ1) is 15.3. The molecule has 6 nitrogen and oxygen atoms in total. The van der Waals surface area contributed by atoms with Crippen LogP contribution in [0.1, 0.15) is 40.4 Å². The average Bonchev–Trinajstić information content (AvgIpc) is 3.53. The van der Waals surface area contributed by atoms with E-state index in [0.29, 0.717) is 5.92 Å². The van der Waals surface area contributed by atoms with Gasteiger partial charge in [0.1, 0.15) is 5.69 Å². The summed E-state index contributed by atoms with van der Waals surface area (Å²) >= 11 is 0. The molecule has 0 saturated heterocycles. The number of pyridine rings is 1. The molecule has 4 heterocycles. The lowest BCUT2D eigenvalue weighted by Gasteiger charge is -2.09. The van der Waals surface area contributed by atoms with Crippen LogP contribution in [0.2, 0.25) is 0 Å². The fourth-order valence-electron chi connectivity index (χ4n) is 4.16. The van der Waals surface area contributed by atoms with Gasteiger partial charge in [-0.1, -0.05) is 36.3 Å². The van der Waals surface area contributed by atoms with Crippen molar-refractivity contribution in [1.82, 2.24) is 29.4 Å². The lowest BCUT2D eigenvalue weighted by Crippen LogP contribution is -2.02. The van der Waals surface area contributed by atoms with Gasteiger partial charge in [0.05, 0.1) is 23.8 Å². The van der Waals surface area contributed by atoms with Crippen LogP contribution in [0.3, 0.4) is 0 Å². The Balaban J connectivity index is 1.32. The number of hydrogen-bond donors (Lipinski definition) is 0. The minimum Gasteiger partial charge on any atom is -0.261 e. The summed E-state index contributed by atoms with van der Waals surface area (Å²) in [6, 6.07) is 16.4. The van der Waals surface area contributed by atoms with Gasteiger partial charge < -0.3 is 0 Å². The van der Waals surface area contributed by atoms with Gasteiger partial charge in [-0.05, 0) is 48.1 Å². The molecule has 148 valence electrons. The molecule has 0 N–H and O–H groups in total. The number of aromatic nitrogens is 6. The van der Waals surface area contributed by atoms with E-state index in [0.717, 1.165) is 35.4 Å². The molecule has 1 aromatic carbocycles. The standard InChI is InChI=1S/C25H18N6/c1-2-5-19(6-3-1)23-11-9-20-17-30(29-25(20)23)22-13-18(14-26-15-22)8-10-21-16-27-24-7-4-12-28-31(21)24/h1-7,12-17,23H,9,11H2. The maximum Gasteiger partial charge on any atom is 0.154 e. The number of rotatable bonds is 2. The highest BCUT2D eigenvalue weighted by atomic mass is 15.3. The van der Waals surface area contributed by atoms with E-state index in [1.165, 1.54) is 16.8 Å². The quantitative estimate of drug-likeness (QED) is 0.422. The minimum absolute atomic E-state index is 0.357. The molecule has 5 aromatic rings. The zero-order valence-corrected chi connectivity index (χ0v) is 16.7. The molecule has 1 aliphatic carbocycles. The highest BCUT2D eigenvalue weighted by molar-refractivity contribution is 5.48. The predicted molar refractivity (Wildman–Crippen MR) is 117 cm³/mol. The first-order valence-electron chi connectivity index (χ1n) is 10.2. The van der Waals surface area contributed by atoms with Gasteiger partial charge in [0.15, 0.2) is 5.65 Å². The van der Waals surface area contributed by atoms with Crippen LogP contribution in [-0.2, 0) is 6.42 Å².